The van der Waals surface area contributed by atoms with Crippen LogP contribution in [0.3, 0.4) is 0 Å². The first-order valence-electron chi connectivity index (χ1n) is 9.37. The molecule has 2 aromatic heterocycles. The molecule has 8 nitrogen and oxygen atoms in total. The van der Waals surface area contributed by atoms with Gasteiger partial charge in [-0.3, -0.25) is 4.79 Å². The summed E-state index contributed by atoms with van der Waals surface area (Å²) in [5, 5.41) is 13.5. The molecule has 4 aromatic rings. The van der Waals surface area contributed by atoms with Crippen LogP contribution in [0.5, 0.6) is 0 Å². The number of rotatable bonds is 4. The molecule has 0 fully saturated rings. The molecule has 2 aromatic carbocycles. The van der Waals surface area contributed by atoms with E-state index in [2.05, 4.69) is 15.1 Å². The van der Waals surface area contributed by atoms with Crippen LogP contribution in [0.25, 0.3) is 22.3 Å². The minimum Gasteiger partial charge on any atom is -0.368 e. The predicted octanol–water partition coefficient (Wildman–Crippen LogP) is 3.39. The number of hydrogen-bond acceptors (Lipinski definition) is 6. The molecule has 172 valence electrons. The minimum atomic E-state index is -5.10. The van der Waals surface area contributed by atoms with Gasteiger partial charge in [0.2, 0.25) is 11.9 Å². The number of alkyl halides is 3. The topological polar surface area (TPSA) is 136 Å². The highest BCUT2D eigenvalue weighted by atomic mass is 19.4. The lowest BCUT2D eigenvalue weighted by molar-refractivity contribution is -0.140. The smallest absolute Gasteiger partial charge is 0.368 e. The zero-order valence-electron chi connectivity index (χ0n) is 16.9. The van der Waals surface area contributed by atoms with Crippen LogP contribution in [0, 0.1) is 23.0 Å². The number of primary amides is 1. The lowest BCUT2D eigenvalue weighted by atomic mass is 10.0. The molecule has 0 saturated carbocycles. The number of halogens is 5. The SMILES string of the molecule is N#Cc1cc(C(N)=O)cc(-c2nc(N)nc3c2cnn3Cc2cc(F)cc(C(F)(F)F)c2F)c1. The van der Waals surface area contributed by atoms with E-state index in [4.69, 9.17) is 11.5 Å². The highest BCUT2D eigenvalue weighted by Gasteiger charge is 2.36. The Labute approximate surface area is 187 Å². The summed E-state index contributed by atoms with van der Waals surface area (Å²) in [4.78, 5) is 19.8. The fraction of sp³-hybridized carbons (Fsp3) is 0.0952. The van der Waals surface area contributed by atoms with Gasteiger partial charge in [0.05, 0.1) is 41.0 Å². The van der Waals surface area contributed by atoms with Crippen LogP contribution in [0.4, 0.5) is 27.9 Å². The molecule has 34 heavy (non-hydrogen) atoms. The maximum absolute atomic E-state index is 14.5. The van der Waals surface area contributed by atoms with Gasteiger partial charge < -0.3 is 11.5 Å². The number of aromatic nitrogens is 4. The molecule has 0 aliphatic heterocycles. The van der Waals surface area contributed by atoms with E-state index in [9.17, 15) is 32.0 Å². The standard InChI is InChI=1S/C21H12F5N7O/c22-13-4-12(16(23)15(5-13)21(24,25)26)8-33-19-14(7-30-33)17(31-20(29)32-19)10-1-9(6-27)2-11(3-10)18(28)34/h1-5,7H,8H2,(H2,28,34)(H2,29,31,32). The van der Waals surface area contributed by atoms with Crippen LogP contribution in [0.2, 0.25) is 0 Å². The zero-order valence-corrected chi connectivity index (χ0v) is 16.9. The molecule has 2 heterocycles. The van der Waals surface area contributed by atoms with E-state index in [1.807, 2.05) is 6.07 Å². The van der Waals surface area contributed by atoms with Crippen LogP contribution < -0.4 is 11.5 Å². The number of carbonyl (C=O) groups is 1. The molecule has 1 amide bonds. The van der Waals surface area contributed by atoms with Crippen LogP contribution in [0.1, 0.15) is 27.0 Å². The zero-order chi connectivity index (χ0) is 24.8. The van der Waals surface area contributed by atoms with Gasteiger partial charge in [0.1, 0.15) is 11.6 Å². The van der Waals surface area contributed by atoms with Gasteiger partial charge in [-0.1, -0.05) is 0 Å². The Morgan fingerprint density at radius 2 is 1.85 bits per heavy atom. The second kappa shape index (κ2) is 8.07. The normalized spacial score (nSPS) is 11.5. The van der Waals surface area contributed by atoms with Gasteiger partial charge in [0, 0.05) is 16.7 Å². The average molecular weight is 473 g/mol. The quantitative estimate of drug-likeness (QED) is 0.436. The van der Waals surface area contributed by atoms with Gasteiger partial charge >= 0.3 is 6.18 Å². The van der Waals surface area contributed by atoms with Gasteiger partial charge in [0.25, 0.3) is 0 Å². The third kappa shape index (κ3) is 4.08. The van der Waals surface area contributed by atoms with Gasteiger partial charge in [0.15, 0.2) is 5.65 Å². The van der Waals surface area contributed by atoms with Crippen molar-refractivity contribution in [2.75, 3.05) is 5.73 Å². The first kappa shape index (κ1) is 22.6. The van der Waals surface area contributed by atoms with E-state index in [1.165, 1.54) is 24.4 Å². The highest BCUT2D eigenvalue weighted by molar-refractivity contribution is 5.97. The van der Waals surface area contributed by atoms with Crippen molar-refractivity contribution < 1.29 is 26.7 Å². The third-order valence-corrected chi connectivity index (χ3v) is 4.87. The molecule has 13 heteroatoms. The Morgan fingerprint density at radius 3 is 2.50 bits per heavy atom. The Bertz CT molecular complexity index is 1500. The van der Waals surface area contributed by atoms with E-state index < -0.39 is 41.4 Å². The summed E-state index contributed by atoms with van der Waals surface area (Å²) in [7, 11) is 0. The van der Waals surface area contributed by atoms with Gasteiger partial charge in [-0.25, -0.2) is 18.4 Å². The lowest BCUT2D eigenvalue weighted by Crippen LogP contribution is -2.13. The van der Waals surface area contributed by atoms with E-state index in [1.54, 1.807) is 0 Å². The second-order valence-electron chi connectivity index (χ2n) is 7.17. The van der Waals surface area contributed by atoms with Crippen LogP contribution in [0.15, 0.2) is 36.5 Å². The third-order valence-electron chi connectivity index (χ3n) is 4.87. The van der Waals surface area contributed by atoms with Crippen molar-refractivity contribution in [2.24, 2.45) is 5.73 Å². The molecule has 0 unspecified atom stereocenters. The number of nitrogens with zero attached hydrogens (tertiary/aromatic N) is 5. The molecule has 0 radical (unpaired) electrons. The summed E-state index contributed by atoms with van der Waals surface area (Å²) in [6, 6.07) is 6.63. The predicted molar refractivity (Wildman–Crippen MR) is 109 cm³/mol. The van der Waals surface area contributed by atoms with Crippen molar-refractivity contribution in [1.29, 1.82) is 5.26 Å². The van der Waals surface area contributed by atoms with Gasteiger partial charge in [-0.2, -0.15) is 28.5 Å². The minimum absolute atomic E-state index is 0.00251. The van der Waals surface area contributed by atoms with Crippen molar-refractivity contribution in [1.82, 2.24) is 19.7 Å². The Kier molecular flexibility index (Phi) is 5.36. The van der Waals surface area contributed by atoms with Crippen molar-refractivity contribution in [3.63, 3.8) is 0 Å². The summed E-state index contributed by atoms with van der Waals surface area (Å²) in [5.74, 6) is -3.99. The monoisotopic (exact) mass is 473 g/mol. The summed E-state index contributed by atoms with van der Waals surface area (Å²) >= 11 is 0. The maximum atomic E-state index is 14.5. The summed E-state index contributed by atoms with van der Waals surface area (Å²) in [6.07, 6.45) is -3.86. The Hall–Kier alpha value is -4.60. The van der Waals surface area contributed by atoms with Crippen molar-refractivity contribution in [2.45, 2.75) is 12.7 Å². The molecule has 0 atom stereocenters. The largest absolute Gasteiger partial charge is 0.419 e. The van der Waals surface area contributed by atoms with E-state index in [-0.39, 0.29) is 45.4 Å². The lowest BCUT2D eigenvalue weighted by Gasteiger charge is -2.12. The van der Waals surface area contributed by atoms with Crippen LogP contribution in [-0.2, 0) is 12.7 Å². The number of carbonyl (C=O) groups excluding carboxylic acids is 1. The molecule has 0 saturated heterocycles. The molecule has 0 aliphatic carbocycles. The fourth-order valence-corrected chi connectivity index (χ4v) is 3.41. The highest BCUT2D eigenvalue weighted by Crippen LogP contribution is 2.34. The first-order chi connectivity index (χ1) is 16.0. The average Bonchev–Trinajstić information content (AvgIpc) is 3.16. The molecular weight excluding hydrogens is 461 g/mol. The maximum Gasteiger partial charge on any atom is 0.419 e. The second-order valence-corrected chi connectivity index (χ2v) is 7.17. The number of hydrogen-bond donors (Lipinski definition) is 2. The number of nitrogen functional groups attached to an aromatic ring is 1. The van der Waals surface area contributed by atoms with Crippen LogP contribution >= 0.6 is 0 Å². The molecular formula is C21H12F5N7O. The van der Waals surface area contributed by atoms with Crippen molar-refractivity contribution in [3.05, 3.63) is 70.4 Å². The van der Waals surface area contributed by atoms with Gasteiger partial charge in [-0.15, -0.1) is 0 Å². The Balaban J connectivity index is 1.87. The van der Waals surface area contributed by atoms with Crippen LogP contribution in [-0.4, -0.2) is 25.7 Å². The number of fused-ring (bicyclic) bond motifs is 1. The number of amides is 1. The summed E-state index contributed by atoms with van der Waals surface area (Å²) in [6.45, 7) is -0.600. The van der Waals surface area contributed by atoms with E-state index in [0.717, 1.165) is 4.68 Å². The van der Waals surface area contributed by atoms with E-state index in [0.29, 0.717) is 6.07 Å². The molecule has 0 bridgehead atoms. The molecule has 4 N–H and O–H groups in total. The number of nitrogens with two attached hydrogens (primary N) is 2. The molecule has 0 spiro atoms. The number of anilines is 1. The fourth-order valence-electron chi connectivity index (χ4n) is 3.41. The molecule has 4 rings (SSSR count). The first-order valence-corrected chi connectivity index (χ1v) is 9.37. The Morgan fingerprint density at radius 1 is 1.12 bits per heavy atom. The summed E-state index contributed by atoms with van der Waals surface area (Å²) in [5.41, 5.74) is 9.28. The number of benzene rings is 2. The van der Waals surface area contributed by atoms with E-state index >= 15 is 0 Å². The van der Waals surface area contributed by atoms with Crippen molar-refractivity contribution in [3.8, 4) is 17.3 Å². The van der Waals surface area contributed by atoms with Gasteiger partial charge in [-0.05, 0) is 30.3 Å². The molecule has 0 aliphatic rings. The van der Waals surface area contributed by atoms with Crippen molar-refractivity contribution >= 4 is 22.9 Å². The summed E-state index contributed by atoms with van der Waals surface area (Å²) < 4.78 is 68.5. The number of nitriles is 1.